The average Bonchev–Trinajstić information content (AvgIpc) is 2.44. The number of hydrogen-bond donors (Lipinski definition) is 2. The smallest absolute Gasteiger partial charge is 0.223 e. The Balaban J connectivity index is 0.00000220. The van der Waals surface area contributed by atoms with Gasteiger partial charge in [0.2, 0.25) is 5.91 Å². The van der Waals surface area contributed by atoms with Crippen molar-refractivity contribution in [2.75, 3.05) is 0 Å². The number of rotatable bonds is 5. The molecule has 0 spiro atoms. The van der Waals surface area contributed by atoms with Gasteiger partial charge >= 0.3 is 0 Å². The minimum absolute atomic E-state index is 0. The Morgan fingerprint density at radius 2 is 1.57 bits per heavy atom. The van der Waals surface area contributed by atoms with Gasteiger partial charge in [-0.3, -0.25) is 4.79 Å². The Morgan fingerprint density at radius 1 is 1.10 bits per heavy atom. The molecule has 2 rings (SSSR count). The zero-order chi connectivity index (χ0) is 14.8. The lowest BCUT2D eigenvalue weighted by Gasteiger charge is -2.44. The second-order valence-electron chi connectivity index (χ2n) is 7.03. The van der Waals surface area contributed by atoms with E-state index in [1.165, 1.54) is 19.3 Å². The summed E-state index contributed by atoms with van der Waals surface area (Å²) in [7, 11) is 0. The molecule has 0 radical (unpaired) electrons. The highest BCUT2D eigenvalue weighted by atomic mass is 35.5. The van der Waals surface area contributed by atoms with Gasteiger partial charge in [0.15, 0.2) is 0 Å². The van der Waals surface area contributed by atoms with E-state index in [1.54, 1.807) is 0 Å². The molecule has 2 unspecified atom stereocenters. The summed E-state index contributed by atoms with van der Waals surface area (Å²) in [5.41, 5.74) is 6.33. The molecule has 0 saturated heterocycles. The van der Waals surface area contributed by atoms with Crippen LogP contribution in [0.3, 0.4) is 0 Å². The maximum Gasteiger partial charge on any atom is 0.223 e. The zero-order valence-electron chi connectivity index (χ0n) is 13.9. The number of nitrogens with two attached hydrogens (primary N) is 1. The fraction of sp³-hybridized carbons (Fsp3) is 0.941. The standard InChI is InChI=1S/C17H32N2O.ClH/c1-4-17(5-2,6-3)19-16(20)14-10-12-8-7-9-13(11-14)15(12)18;/h12-15H,4-11,18H2,1-3H3,(H,19,20);1H. The van der Waals surface area contributed by atoms with E-state index >= 15 is 0 Å². The molecule has 0 aromatic carbocycles. The first-order valence-corrected chi connectivity index (χ1v) is 8.62. The number of amides is 1. The summed E-state index contributed by atoms with van der Waals surface area (Å²) in [4.78, 5) is 12.7. The molecule has 0 aromatic heterocycles. The maximum atomic E-state index is 12.7. The quantitative estimate of drug-likeness (QED) is 0.813. The van der Waals surface area contributed by atoms with E-state index < -0.39 is 0 Å². The molecule has 2 atom stereocenters. The van der Waals surface area contributed by atoms with Crippen LogP contribution < -0.4 is 11.1 Å². The van der Waals surface area contributed by atoms with Gasteiger partial charge in [-0.05, 0) is 56.8 Å². The minimum atomic E-state index is 0. The summed E-state index contributed by atoms with van der Waals surface area (Å²) >= 11 is 0. The van der Waals surface area contributed by atoms with Gasteiger partial charge in [0.25, 0.3) is 0 Å². The van der Waals surface area contributed by atoms with Crippen LogP contribution in [-0.2, 0) is 4.79 Å². The molecular formula is C17H33ClN2O. The van der Waals surface area contributed by atoms with Crippen LogP contribution in [0.15, 0.2) is 0 Å². The van der Waals surface area contributed by atoms with Gasteiger partial charge < -0.3 is 11.1 Å². The summed E-state index contributed by atoms with van der Waals surface area (Å²) in [5, 5.41) is 3.37. The zero-order valence-corrected chi connectivity index (χ0v) is 14.7. The maximum absolute atomic E-state index is 12.7. The van der Waals surface area contributed by atoms with Crippen molar-refractivity contribution in [2.24, 2.45) is 23.5 Å². The van der Waals surface area contributed by atoms with Gasteiger partial charge in [-0.2, -0.15) is 0 Å². The van der Waals surface area contributed by atoms with E-state index in [0.29, 0.717) is 23.8 Å². The Kier molecular flexibility index (Phi) is 6.99. The first-order valence-electron chi connectivity index (χ1n) is 8.62. The average molecular weight is 317 g/mol. The Hall–Kier alpha value is -0.280. The summed E-state index contributed by atoms with van der Waals surface area (Å²) < 4.78 is 0. The second-order valence-corrected chi connectivity index (χ2v) is 7.03. The van der Waals surface area contributed by atoms with Crippen molar-refractivity contribution in [3.63, 3.8) is 0 Å². The first kappa shape index (κ1) is 18.8. The summed E-state index contributed by atoms with van der Waals surface area (Å²) in [6, 6.07) is 0.348. The van der Waals surface area contributed by atoms with Gasteiger partial charge in [-0.15, -0.1) is 12.4 Å². The van der Waals surface area contributed by atoms with Crippen molar-refractivity contribution >= 4 is 18.3 Å². The van der Waals surface area contributed by atoms with E-state index in [1.807, 2.05) is 0 Å². The molecule has 3 N–H and O–H groups in total. The van der Waals surface area contributed by atoms with Crippen LogP contribution in [-0.4, -0.2) is 17.5 Å². The molecule has 0 aliphatic heterocycles. The molecule has 3 nitrogen and oxygen atoms in total. The molecule has 4 heteroatoms. The minimum Gasteiger partial charge on any atom is -0.350 e. The summed E-state index contributed by atoms with van der Waals surface area (Å²) in [6.07, 6.45) is 8.83. The van der Waals surface area contributed by atoms with Crippen LogP contribution >= 0.6 is 12.4 Å². The van der Waals surface area contributed by atoms with Crippen molar-refractivity contribution in [1.82, 2.24) is 5.32 Å². The van der Waals surface area contributed by atoms with Crippen molar-refractivity contribution in [2.45, 2.75) is 83.7 Å². The molecule has 0 heterocycles. The van der Waals surface area contributed by atoms with Gasteiger partial charge in [-0.1, -0.05) is 27.2 Å². The lowest BCUT2D eigenvalue weighted by molar-refractivity contribution is -0.130. The van der Waals surface area contributed by atoms with Crippen molar-refractivity contribution in [3.8, 4) is 0 Å². The molecule has 0 aromatic rings. The Morgan fingerprint density at radius 3 is 2.00 bits per heavy atom. The van der Waals surface area contributed by atoms with E-state index in [-0.39, 0.29) is 23.9 Å². The summed E-state index contributed by atoms with van der Waals surface area (Å²) in [6.45, 7) is 6.54. The number of carbonyl (C=O) groups is 1. The van der Waals surface area contributed by atoms with Crippen molar-refractivity contribution in [1.29, 1.82) is 0 Å². The molecule has 21 heavy (non-hydrogen) atoms. The summed E-state index contributed by atoms with van der Waals surface area (Å²) in [5.74, 6) is 1.66. The second kappa shape index (κ2) is 7.82. The third-order valence-electron chi connectivity index (χ3n) is 6.20. The Bertz CT molecular complexity index is 321. The number of halogens is 1. The molecule has 2 aliphatic carbocycles. The van der Waals surface area contributed by atoms with E-state index in [0.717, 1.165) is 32.1 Å². The number of fused-ring (bicyclic) bond motifs is 2. The first-order chi connectivity index (χ1) is 9.55. The van der Waals surface area contributed by atoms with Crippen LogP contribution in [0.4, 0.5) is 0 Å². The molecule has 1 amide bonds. The highest BCUT2D eigenvalue weighted by Crippen LogP contribution is 2.42. The number of nitrogens with one attached hydrogen (secondary N) is 1. The predicted molar refractivity (Wildman–Crippen MR) is 90.5 cm³/mol. The number of hydrogen-bond acceptors (Lipinski definition) is 2. The highest BCUT2D eigenvalue weighted by Gasteiger charge is 2.41. The van der Waals surface area contributed by atoms with Crippen LogP contribution in [0, 0.1) is 17.8 Å². The molecule has 2 fully saturated rings. The monoisotopic (exact) mass is 316 g/mol. The van der Waals surface area contributed by atoms with Crippen molar-refractivity contribution in [3.05, 3.63) is 0 Å². The molecule has 124 valence electrons. The van der Waals surface area contributed by atoms with E-state index in [9.17, 15) is 4.79 Å². The van der Waals surface area contributed by atoms with E-state index in [4.69, 9.17) is 5.73 Å². The van der Waals surface area contributed by atoms with Crippen LogP contribution in [0.1, 0.15) is 72.1 Å². The van der Waals surface area contributed by atoms with Crippen molar-refractivity contribution < 1.29 is 4.79 Å². The lowest BCUT2D eigenvalue weighted by Crippen LogP contribution is -2.53. The lowest BCUT2D eigenvalue weighted by atomic mass is 9.65. The normalized spacial score (nSPS) is 32.2. The van der Waals surface area contributed by atoms with Crippen LogP contribution in [0.2, 0.25) is 0 Å². The van der Waals surface area contributed by atoms with E-state index in [2.05, 4.69) is 26.1 Å². The molecule has 2 saturated carbocycles. The largest absolute Gasteiger partial charge is 0.350 e. The molecular weight excluding hydrogens is 284 g/mol. The van der Waals surface area contributed by atoms with Gasteiger partial charge in [0.05, 0.1) is 0 Å². The van der Waals surface area contributed by atoms with Gasteiger partial charge in [-0.25, -0.2) is 0 Å². The number of carbonyl (C=O) groups excluding carboxylic acids is 1. The third-order valence-corrected chi connectivity index (χ3v) is 6.20. The van der Waals surface area contributed by atoms with Gasteiger partial charge in [0.1, 0.15) is 0 Å². The third kappa shape index (κ3) is 3.92. The highest BCUT2D eigenvalue weighted by molar-refractivity contribution is 5.85. The Labute approximate surface area is 136 Å². The fourth-order valence-electron chi connectivity index (χ4n) is 4.38. The SMILES string of the molecule is CCC(CC)(CC)NC(=O)C1CC2CCCC(C1)C2N.Cl. The topological polar surface area (TPSA) is 55.1 Å². The van der Waals surface area contributed by atoms with Gasteiger partial charge in [0, 0.05) is 17.5 Å². The van der Waals surface area contributed by atoms with Crippen LogP contribution in [0.25, 0.3) is 0 Å². The molecule has 2 aliphatic rings. The molecule has 2 bridgehead atoms. The fourth-order valence-corrected chi connectivity index (χ4v) is 4.38. The van der Waals surface area contributed by atoms with Crippen LogP contribution in [0.5, 0.6) is 0 Å². The predicted octanol–water partition coefficient (Wildman–Crippen LogP) is 3.65.